The second kappa shape index (κ2) is 8.34. The minimum absolute atomic E-state index is 0.00387. The van der Waals surface area contributed by atoms with Crippen LogP contribution in [0.3, 0.4) is 0 Å². The number of nitrogens with zero attached hydrogens (tertiary/aromatic N) is 1. The molecule has 0 aromatic rings. The van der Waals surface area contributed by atoms with Gasteiger partial charge in [0.05, 0.1) is 0 Å². The Morgan fingerprint density at radius 1 is 1.21 bits per heavy atom. The van der Waals surface area contributed by atoms with E-state index in [0.29, 0.717) is 12.8 Å². The highest BCUT2D eigenvalue weighted by molar-refractivity contribution is 5.86. The maximum absolute atomic E-state index is 11.7. The van der Waals surface area contributed by atoms with E-state index in [0.717, 1.165) is 4.90 Å². The van der Waals surface area contributed by atoms with E-state index < -0.39 is 18.0 Å². The fourth-order valence-electron chi connectivity index (χ4n) is 1.46. The average molecular weight is 273 g/mol. The number of hydrogen-bond donors (Lipinski definition) is 3. The largest absolute Gasteiger partial charge is 0.480 e. The van der Waals surface area contributed by atoms with E-state index in [1.165, 1.54) is 7.05 Å². The highest BCUT2D eigenvalue weighted by atomic mass is 16.4. The smallest absolute Gasteiger partial charge is 0.326 e. The van der Waals surface area contributed by atoms with Gasteiger partial charge in [-0.1, -0.05) is 13.3 Å². The summed E-state index contributed by atoms with van der Waals surface area (Å²) in [4.78, 5) is 35.2. The van der Waals surface area contributed by atoms with Crippen LogP contribution < -0.4 is 10.6 Å². The summed E-state index contributed by atoms with van der Waals surface area (Å²) in [5, 5.41) is 14.0. The molecular formula is C12H23N3O4. The van der Waals surface area contributed by atoms with Gasteiger partial charge in [0.15, 0.2) is 0 Å². The second-order valence-electron chi connectivity index (χ2n) is 4.71. The molecule has 0 rings (SSSR count). The first-order valence-electron chi connectivity index (χ1n) is 6.31. The Morgan fingerprint density at radius 2 is 1.79 bits per heavy atom. The van der Waals surface area contributed by atoms with Crippen molar-refractivity contribution in [2.24, 2.45) is 0 Å². The molecule has 110 valence electrons. The fraction of sp³-hybridized carbons (Fsp3) is 0.750. The maximum atomic E-state index is 11.7. The maximum Gasteiger partial charge on any atom is 0.326 e. The lowest BCUT2D eigenvalue weighted by atomic mass is 10.2. The van der Waals surface area contributed by atoms with Gasteiger partial charge < -0.3 is 20.6 Å². The third-order valence-electron chi connectivity index (χ3n) is 2.35. The van der Waals surface area contributed by atoms with Crippen LogP contribution in [0.4, 0.5) is 4.79 Å². The van der Waals surface area contributed by atoms with Gasteiger partial charge in [0.1, 0.15) is 12.6 Å². The van der Waals surface area contributed by atoms with Gasteiger partial charge in [-0.05, 0) is 20.3 Å². The minimum Gasteiger partial charge on any atom is -0.480 e. The molecule has 19 heavy (non-hydrogen) atoms. The van der Waals surface area contributed by atoms with Gasteiger partial charge >= 0.3 is 12.0 Å². The van der Waals surface area contributed by atoms with Gasteiger partial charge in [-0.15, -0.1) is 0 Å². The lowest BCUT2D eigenvalue weighted by Crippen LogP contribution is -2.49. The van der Waals surface area contributed by atoms with E-state index in [2.05, 4.69) is 10.6 Å². The van der Waals surface area contributed by atoms with Crippen LogP contribution in [0.15, 0.2) is 0 Å². The number of amides is 3. The van der Waals surface area contributed by atoms with Crippen LogP contribution in [-0.2, 0) is 9.59 Å². The highest BCUT2D eigenvalue weighted by Crippen LogP contribution is 1.98. The van der Waals surface area contributed by atoms with Crippen LogP contribution in [-0.4, -0.2) is 53.6 Å². The summed E-state index contributed by atoms with van der Waals surface area (Å²) in [6, 6.07) is -1.50. The number of likely N-dealkylation sites (N-methyl/N-ethyl adjacent to an activating group) is 1. The first-order chi connectivity index (χ1) is 8.77. The summed E-state index contributed by atoms with van der Waals surface area (Å²) in [7, 11) is 1.44. The summed E-state index contributed by atoms with van der Waals surface area (Å²) in [5.41, 5.74) is 0. The van der Waals surface area contributed by atoms with Gasteiger partial charge in [-0.2, -0.15) is 0 Å². The molecule has 0 radical (unpaired) electrons. The molecule has 0 heterocycles. The molecule has 3 N–H and O–H groups in total. The first kappa shape index (κ1) is 17.2. The molecule has 1 atom stereocenters. The van der Waals surface area contributed by atoms with E-state index >= 15 is 0 Å². The zero-order valence-electron chi connectivity index (χ0n) is 11.9. The van der Waals surface area contributed by atoms with Crippen LogP contribution in [0.25, 0.3) is 0 Å². The Balaban J connectivity index is 4.32. The Morgan fingerprint density at radius 3 is 2.21 bits per heavy atom. The third-order valence-corrected chi connectivity index (χ3v) is 2.35. The predicted molar refractivity (Wildman–Crippen MR) is 70.8 cm³/mol. The van der Waals surface area contributed by atoms with Gasteiger partial charge in [0, 0.05) is 13.1 Å². The van der Waals surface area contributed by atoms with Crippen molar-refractivity contribution >= 4 is 17.9 Å². The minimum atomic E-state index is -1.07. The number of rotatable bonds is 7. The summed E-state index contributed by atoms with van der Waals surface area (Å²) < 4.78 is 0. The SMILES string of the molecule is CCCC(NC(=O)N(C)CC(=O)NC(C)C)C(=O)O. The molecule has 7 nitrogen and oxygen atoms in total. The molecule has 0 saturated carbocycles. The normalized spacial score (nSPS) is 11.8. The van der Waals surface area contributed by atoms with E-state index in [-0.39, 0.29) is 18.5 Å². The Bertz CT molecular complexity index is 331. The number of hydrogen-bond acceptors (Lipinski definition) is 3. The lowest BCUT2D eigenvalue weighted by Gasteiger charge is -2.21. The molecule has 0 aliphatic heterocycles. The van der Waals surface area contributed by atoms with Gasteiger partial charge in [-0.3, -0.25) is 4.79 Å². The number of urea groups is 1. The van der Waals surface area contributed by atoms with Crippen molar-refractivity contribution in [1.82, 2.24) is 15.5 Å². The number of aliphatic carboxylic acids is 1. The molecule has 7 heteroatoms. The fourth-order valence-corrected chi connectivity index (χ4v) is 1.46. The number of carboxylic acids is 1. The van der Waals surface area contributed by atoms with Gasteiger partial charge in [0.2, 0.25) is 5.91 Å². The summed E-state index contributed by atoms with van der Waals surface area (Å²) >= 11 is 0. The molecule has 0 saturated heterocycles. The Hall–Kier alpha value is -1.79. The molecule has 0 bridgehead atoms. The van der Waals surface area contributed by atoms with E-state index in [1.54, 1.807) is 0 Å². The lowest BCUT2D eigenvalue weighted by molar-refractivity contribution is -0.139. The number of carboxylic acid groups (broad SMARTS) is 1. The summed E-state index contributed by atoms with van der Waals surface area (Å²) in [6.45, 7) is 5.36. The molecular weight excluding hydrogens is 250 g/mol. The standard InChI is InChI=1S/C12H23N3O4/c1-5-6-9(11(17)18)14-12(19)15(4)7-10(16)13-8(2)3/h8-9H,5-7H2,1-4H3,(H,13,16)(H,14,19)(H,17,18). The van der Waals surface area contributed by atoms with Crippen molar-refractivity contribution in [1.29, 1.82) is 0 Å². The topological polar surface area (TPSA) is 98.7 Å². The van der Waals surface area contributed by atoms with Crippen molar-refractivity contribution in [2.45, 2.75) is 45.7 Å². The summed E-state index contributed by atoms with van der Waals surface area (Å²) in [6.07, 6.45) is 1.00. The van der Waals surface area contributed by atoms with Gasteiger partial charge in [-0.25, -0.2) is 9.59 Å². The molecule has 1 unspecified atom stereocenters. The van der Waals surface area contributed by atoms with Gasteiger partial charge in [0.25, 0.3) is 0 Å². The molecule has 0 aliphatic rings. The molecule has 0 aliphatic carbocycles. The Kier molecular flexibility index (Phi) is 7.55. The van der Waals surface area contributed by atoms with Crippen molar-refractivity contribution < 1.29 is 19.5 Å². The summed E-state index contributed by atoms with van der Waals surface area (Å²) in [5.74, 6) is -1.36. The van der Waals surface area contributed by atoms with Crippen LogP contribution >= 0.6 is 0 Å². The average Bonchev–Trinajstić information content (AvgIpc) is 2.26. The van der Waals surface area contributed by atoms with Crippen LogP contribution in [0, 0.1) is 0 Å². The zero-order chi connectivity index (χ0) is 15.0. The highest BCUT2D eigenvalue weighted by Gasteiger charge is 2.21. The van der Waals surface area contributed by atoms with Crippen LogP contribution in [0.5, 0.6) is 0 Å². The molecule has 0 aromatic carbocycles. The monoisotopic (exact) mass is 273 g/mol. The van der Waals surface area contributed by atoms with Crippen molar-refractivity contribution in [2.75, 3.05) is 13.6 Å². The Labute approximate surface area is 113 Å². The van der Waals surface area contributed by atoms with Crippen LogP contribution in [0.1, 0.15) is 33.6 Å². The quantitative estimate of drug-likeness (QED) is 0.625. The van der Waals surface area contributed by atoms with Crippen molar-refractivity contribution in [3.05, 3.63) is 0 Å². The molecule has 0 fully saturated rings. The third kappa shape index (κ3) is 7.28. The van der Waals surface area contributed by atoms with E-state index in [1.807, 2.05) is 20.8 Å². The zero-order valence-corrected chi connectivity index (χ0v) is 11.9. The predicted octanol–water partition coefficient (Wildman–Crippen LogP) is 0.406. The molecule has 0 spiro atoms. The molecule has 3 amide bonds. The molecule has 0 aromatic heterocycles. The van der Waals surface area contributed by atoms with Crippen LogP contribution in [0.2, 0.25) is 0 Å². The first-order valence-corrected chi connectivity index (χ1v) is 6.31. The second-order valence-corrected chi connectivity index (χ2v) is 4.71. The van der Waals surface area contributed by atoms with E-state index in [9.17, 15) is 14.4 Å². The van der Waals surface area contributed by atoms with E-state index in [4.69, 9.17) is 5.11 Å². The number of nitrogens with one attached hydrogen (secondary N) is 2. The van der Waals surface area contributed by atoms with Crippen molar-refractivity contribution in [3.63, 3.8) is 0 Å². The number of carbonyl (C=O) groups excluding carboxylic acids is 2. The number of carbonyl (C=O) groups is 3. The van der Waals surface area contributed by atoms with Crippen molar-refractivity contribution in [3.8, 4) is 0 Å².